The number of hydrogen-bond donors (Lipinski definition) is 3. The van der Waals surface area contributed by atoms with E-state index in [0.717, 1.165) is 58.8 Å². The zero-order valence-corrected chi connectivity index (χ0v) is 28.4. The number of nitrogens with zero attached hydrogens (tertiary/aromatic N) is 2. The van der Waals surface area contributed by atoms with Crippen molar-refractivity contribution >= 4 is 17.6 Å². The molecule has 1 saturated carbocycles. The van der Waals surface area contributed by atoms with E-state index in [-0.39, 0.29) is 12.3 Å². The van der Waals surface area contributed by atoms with Crippen LogP contribution in [0.5, 0.6) is 0 Å². The van der Waals surface area contributed by atoms with E-state index in [1.165, 1.54) is 32.1 Å². The number of carbonyl (C=O) groups is 2. The Kier molecular flexibility index (Phi) is 12.7. The third-order valence-electron chi connectivity index (χ3n) is 8.39. The van der Waals surface area contributed by atoms with Gasteiger partial charge in [-0.15, -0.1) is 0 Å². The van der Waals surface area contributed by atoms with E-state index < -0.39 is 11.6 Å². The van der Waals surface area contributed by atoms with Crippen LogP contribution in [0, 0.1) is 19.3 Å². The minimum Gasteiger partial charge on any atom is -0.481 e. The van der Waals surface area contributed by atoms with Crippen LogP contribution in [0.15, 0.2) is 54.6 Å². The number of aliphatic hydroxyl groups is 1. The quantitative estimate of drug-likeness (QED) is 0.250. The van der Waals surface area contributed by atoms with E-state index in [0.29, 0.717) is 17.5 Å². The lowest BCUT2D eigenvalue weighted by Gasteiger charge is -2.34. The first-order chi connectivity index (χ1) is 21.3. The Morgan fingerprint density at radius 3 is 2.09 bits per heavy atom. The molecule has 2 heterocycles. The Balaban J connectivity index is 0.000000719. The molecule has 1 saturated heterocycles. The monoisotopic (exact) mass is 615 g/mol. The van der Waals surface area contributed by atoms with Crippen LogP contribution >= 0.6 is 0 Å². The molecule has 244 valence electrons. The predicted octanol–water partition coefficient (Wildman–Crippen LogP) is 7.89. The highest BCUT2D eigenvalue weighted by molar-refractivity contribution is 5.95. The molecular weight excluding hydrogens is 562 g/mol. The number of carbonyl (C=O) groups excluding carboxylic acids is 1. The SMILES string of the molecule is CC.CC(C)(C)O.Cc1nc(C)c(-c2ccc(C(=O)NCc3ccccc3)cc2)c(N2CCC3(CCCCC3)C2)c1CC(=O)O. The van der Waals surface area contributed by atoms with Crippen molar-refractivity contribution in [2.45, 2.75) is 106 Å². The summed E-state index contributed by atoms with van der Waals surface area (Å²) >= 11 is 0. The lowest BCUT2D eigenvalue weighted by Crippen LogP contribution is -2.30. The maximum Gasteiger partial charge on any atom is 0.307 e. The number of nitrogens with one attached hydrogen (secondary N) is 1. The molecule has 1 aliphatic carbocycles. The molecule has 1 aliphatic heterocycles. The highest BCUT2D eigenvalue weighted by Gasteiger charge is 2.40. The van der Waals surface area contributed by atoms with Crippen molar-refractivity contribution in [3.63, 3.8) is 0 Å². The van der Waals surface area contributed by atoms with Crippen molar-refractivity contribution in [3.8, 4) is 11.1 Å². The van der Waals surface area contributed by atoms with E-state index in [1.807, 2.05) is 82.3 Å². The molecule has 0 unspecified atom stereocenters. The summed E-state index contributed by atoms with van der Waals surface area (Å²) in [5, 5.41) is 21.3. The number of rotatable bonds is 7. The zero-order chi connectivity index (χ0) is 33.2. The predicted molar refractivity (Wildman–Crippen MR) is 184 cm³/mol. The number of aliphatic carboxylic acids is 1. The van der Waals surface area contributed by atoms with E-state index >= 15 is 0 Å². The number of carboxylic acids is 1. The van der Waals surface area contributed by atoms with Crippen LogP contribution < -0.4 is 10.2 Å². The summed E-state index contributed by atoms with van der Waals surface area (Å²) in [7, 11) is 0. The highest BCUT2D eigenvalue weighted by Crippen LogP contribution is 2.48. The normalized spacial score (nSPS) is 15.4. The summed E-state index contributed by atoms with van der Waals surface area (Å²) in [5.74, 6) is -0.965. The van der Waals surface area contributed by atoms with Gasteiger partial charge in [-0.3, -0.25) is 14.6 Å². The van der Waals surface area contributed by atoms with Crippen LogP contribution in [0.25, 0.3) is 11.1 Å². The first-order valence-corrected chi connectivity index (χ1v) is 16.5. The fraction of sp³-hybridized carbons (Fsp3) is 0.500. The molecule has 0 atom stereocenters. The molecule has 7 nitrogen and oxygen atoms in total. The van der Waals surface area contributed by atoms with Gasteiger partial charge < -0.3 is 20.4 Å². The van der Waals surface area contributed by atoms with Gasteiger partial charge in [-0.05, 0) is 82.6 Å². The average Bonchev–Trinajstić information content (AvgIpc) is 3.40. The van der Waals surface area contributed by atoms with Crippen molar-refractivity contribution in [2.75, 3.05) is 18.0 Å². The lowest BCUT2D eigenvalue weighted by molar-refractivity contribution is -0.136. The lowest BCUT2D eigenvalue weighted by atomic mass is 9.73. The van der Waals surface area contributed by atoms with Crippen LogP contribution in [-0.2, 0) is 17.8 Å². The number of anilines is 1. The van der Waals surface area contributed by atoms with Gasteiger partial charge >= 0.3 is 5.97 Å². The third kappa shape index (κ3) is 10.1. The molecule has 5 rings (SSSR count). The number of amides is 1. The summed E-state index contributed by atoms with van der Waals surface area (Å²) in [6.45, 7) is 15.5. The van der Waals surface area contributed by atoms with Crippen LogP contribution in [-0.4, -0.2) is 45.8 Å². The van der Waals surface area contributed by atoms with E-state index in [9.17, 15) is 14.7 Å². The van der Waals surface area contributed by atoms with Crippen LogP contribution in [0.2, 0.25) is 0 Å². The number of benzene rings is 2. The molecule has 0 bridgehead atoms. The second kappa shape index (κ2) is 16.0. The topological polar surface area (TPSA) is 103 Å². The summed E-state index contributed by atoms with van der Waals surface area (Å²) in [6, 6.07) is 17.5. The molecule has 45 heavy (non-hydrogen) atoms. The summed E-state index contributed by atoms with van der Waals surface area (Å²) in [6.07, 6.45) is 7.49. The zero-order valence-electron chi connectivity index (χ0n) is 28.4. The van der Waals surface area contributed by atoms with Gasteiger partial charge in [0.25, 0.3) is 5.91 Å². The van der Waals surface area contributed by atoms with Crippen molar-refractivity contribution in [1.82, 2.24) is 10.3 Å². The number of carboxylic acid groups (broad SMARTS) is 1. The van der Waals surface area contributed by atoms with Gasteiger partial charge in [0.1, 0.15) is 0 Å². The number of aryl methyl sites for hydroxylation is 2. The fourth-order valence-electron chi connectivity index (χ4n) is 6.43. The third-order valence-corrected chi connectivity index (χ3v) is 8.39. The van der Waals surface area contributed by atoms with Crippen LogP contribution in [0.3, 0.4) is 0 Å². The van der Waals surface area contributed by atoms with Crippen LogP contribution in [0.4, 0.5) is 5.69 Å². The molecule has 0 radical (unpaired) electrons. The Hall–Kier alpha value is -3.71. The summed E-state index contributed by atoms with van der Waals surface area (Å²) in [5.41, 5.74) is 6.91. The Morgan fingerprint density at radius 2 is 1.51 bits per heavy atom. The van der Waals surface area contributed by atoms with Gasteiger partial charge in [-0.2, -0.15) is 0 Å². The Labute approximate surface area is 270 Å². The number of pyridine rings is 1. The first kappa shape index (κ1) is 35.8. The first-order valence-electron chi connectivity index (χ1n) is 16.5. The highest BCUT2D eigenvalue weighted by atomic mass is 16.4. The molecule has 3 aromatic rings. The van der Waals surface area contributed by atoms with Gasteiger partial charge in [0.15, 0.2) is 0 Å². The summed E-state index contributed by atoms with van der Waals surface area (Å²) in [4.78, 5) is 31.9. The Morgan fingerprint density at radius 1 is 0.911 bits per heavy atom. The number of aromatic nitrogens is 1. The molecule has 1 spiro atoms. The van der Waals surface area contributed by atoms with Gasteiger partial charge in [0.2, 0.25) is 0 Å². The van der Waals surface area contributed by atoms with Crippen molar-refractivity contribution in [1.29, 1.82) is 0 Å². The molecule has 2 fully saturated rings. The molecule has 2 aromatic carbocycles. The Bertz CT molecular complexity index is 1400. The van der Waals surface area contributed by atoms with Crippen LogP contribution in [0.1, 0.15) is 106 Å². The molecule has 3 N–H and O–H groups in total. The van der Waals surface area contributed by atoms with Gasteiger partial charge in [0.05, 0.1) is 17.7 Å². The standard InChI is InChI=1S/C32H37N3O3.C4H10O.C2H6/c1-22-27(19-28(36)37)30(35-18-17-32(21-35)15-7-4-8-16-32)29(23(2)34-22)25-11-13-26(14-12-25)31(38)33-20-24-9-5-3-6-10-24;1-4(2,3)5;1-2/h3,5-6,9-14H,4,7-8,15-21H2,1-2H3,(H,33,38)(H,36,37);5H,1-3H3;1-2H3. The molecular formula is C38H53N3O4. The molecule has 1 aromatic heterocycles. The van der Waals surface area contributed by atoms with E-state index in [4.69, 9.17) is 10.1 Å². The molecule has 7 heteroatoms. The maximum atomic E-state index is 12.8. The smallest absolute Gasteiger partial charge is 0.307 e. The van der Waals surface area contributed by atoms with Crippen molar-refractivity contribution in [3.05, 3.63) is 82.7 Å². The number of hydrogen-bond acceptors (Lipinski definition) is 5. The summed E-state index contributed by atoms with van der Waals surface area (Å²) < 4.78 is 0. The van der Waals surface area contributed by atoms with Gasteiger partial charge in [0, 0.05) is 47.7 Å². The molecule has 1 amide bonds. The minimum atomic E-state index is -0.844. The average molecular weight is 616 g/mol. The second-order valence-corrected chi connectivity index (χ2v) is 13.2. The van der Waals surface area contributed by atoms with E-state index in [2.05, 4.69) is 10.2 Å². The fourth-order valence-corrected chi connectivity index (χ4v) is 6.43. The minimum absolute atomic E-state index is 0.0507. The maximum absolute atomic E-state index is 12.8. The largest absolute Gasteiger partial charge is 0.481 e. The van der Waals surface area contributed by atoms with Crippen molar-refractivity contribution < 1.29 is 19.8 Å². The second-order valence-electron chi connectivity index (χ2n) is 13.2. The van der Waals surface area contributed by atoms with Gasteiger partial charge in [-0.1, -0.05) is 75.6 Å². The van der Waals surface area contributed by atoms with E-state index in [1.54, 1.807) is 20.8 Å². The van der Waals surface area contributed by atoms with Gasteiger partial charge in [-0.25, -0.2) is 0 Å². The molecule has 2 aliphatic rings. The van der Waals surface area contributed by atoms with Crippen molar-refractivity contribution in [2.24, 2.45) is 5.41 Å².